The summed E-state index contributed by atoms with van der Waals surface area (Å²) in [6.07, 6.45) is 0.948. The number of benzene rings is 3. The fraction of sp³-hybridized carbons (Fsp3) is 0.259. The van der Waals surface area contributed by atoms with Crippen LogP contribution in [-0.4, -0.2) is 42.4 Å². The first-order valence-corrected chi connectivity index (χ1v) is 11.2. The molecule has 2 N–H and O–H groups in total. The Hall–Kier alpha value is -3.44. The highest BCUT2D eigenvalue weighted by Crippen LogP contribution is 2.21. The van der Waals surface area contributed by atoms with Crippen LogP contribution in [0.1, 0.15) is 17.5 Å². The number of rotatable bonds is 8. The molecule has 2 amide bonds. The summed E-state index contributed by atoms with van der Waals surface area (Å²) in [6, 6.07) is 28.3. The molecule has 0 aromatic heterocycles. The summed E-state index contributed by atoms with van der Waals surface area (Å²) in [6.45, 7) is 2.55. The van der Waals surface area contributed by atoms with Crippen LogP contribution >= 0.6 is 0 Å². The van der Waals surface area contributed by atoms with Crippen molar-refractivity contribution in [2.45, 2.75) is 25.4 Å². The number of carbonyl (C=O) groups excluding carboxylic acids is 2. The van der Waals surface area contributed by atoms with E-state index < -0.39 is 6.04 Å². The van der Waals surface area contributed by atoms with E-state index in [0.29, 0.717) is 19.6 Å². The van der Waals surface area contributed by atoms with Gasteiger partial charge in [-0.25, -0.2) is 0 Å². The first-order valence-electron chi connectivity index (χ1n) is 11.2. The van der Waals surface area contributed by atoms with Crippen LogP contribution in [0.3, 0.4) is 0 Å². The molecule has 32 heavy (non-hydrogen) atoms. The van der Waals surface area contributed by atoms with Gasteiger partial charge in [-0.15, -0.1) is 0 Å². The number of hydrogen-bond donors (Lipinski definition) is 2. The standard InChI is InChI=1S/C27H29N3O2/c31-26(28-16-15-21-7-3-1-4-8-21)19-25-27(32)29-17-18-30(25)20-22-11-13-24(14-12-22)23-9-5-2-6-10-23/h1-14,25H,15-20H2,(H,28,31)(H,29,32)/t25-/m0/s1. The van der Waals surface area contributed by atoms with Gasteiger partial charge in [0.25, 0.3) is 0 Å². The fourth-order valence-electron chi connectivity index (χ4n) is 4.08. The van der Waals surface area contributed by atoms with E-state index >= 15 is 0 Å². The molecule has 1 heterocycles. The van der Waals surface area contributed by atoms with Crippen molar-refractivity contribution in [3.05, 3.63) is 96.1 Å². The van der Waals surface area contributed by atoms with E-state index in [0.717, 1.165) is 18.5 Å². The third-order valence-electron chi connectivity index (χ3n) is 5.85. The predicted molar refractivity (Wildman–Crippen MR) is 127 cm³/mol. The average molecular weight is 428 g/mol. The third-order valence-corrected chi connectivity index (χ3v) is 5.85. The number of nitrogens with zero attached hydrogens (tertiary/aromatic N) is 1. The molecule has 1 atom stereocenters. The van der Waals surface area contributed by atoms with Gasteiger partial charge in [0.1, 0.15) is 0 Å². The van der Waals surface area contributed by atoms with E-state index in [2.05, 4.69) is 51.9 Å². The van der Waals surface area contributed by atoms with Crippen molar-refractivity contribution in [1.29, 1.82) is 0 Å². The normalized spacial score (nSPS) is 16.4. The maximum Gasteiger partial charge on any atom is 0.237 e. The van der Waals surface area contributed by atoms with Crippen LogP contribution in [0.5, 0.6) is 0 Å². The van der Waals surface area contributed by atoms with Crippen LogP contribution in [0.2, 0.25) is 0 Å². The van der Waals surface area contributed by atoms with E-state index in [1.54, 1.807) is 0 Å². The van der Waals surface area contributed by atoms with Gasteiger partial charge in [-0.1, -0.05) is 84.9 Å². The largest absolute Gasteiger partial charge is 0.356 e. The van der Waals surface area contributed by atoms with Crippen molar-refractivity contribution in [3.8, 4) is 11.1 Å². The zero-order valence-corrected chi connectivity index (χ0v) is 18.2. The highest BCUT2D eigenvalue weighted by atomic mass is 16.2. The van der Waals surface area contributed by atoms with Crippen molar-refractivity contribution in [3.63, 3.8) is 0 Å². The minimum absolute atomic E-state index is 0.0737. The van der Waals surface area contributed by atoms with Gasteiger partial charge in [0.2, 0.25) is 11.8 Å². The van der Waals surface area contributed by atoms with Gasteiger partial charge in [0.05, 0.1) is 12.5 Å². The number of nitrogens with one attached hydrogen (secondary N) is 2. The molecule has 164 valence electrons. The number of amides is 2. The minimum Gasteiger partial charge on any atom is -0.356 e. The van der Waals surface area contributed by atoms with Crippen LogP contribution < -0.4 is 10.6 Å². The molecule has 5 nitrogen and oxygen atoms in total. The van der Waals surface area contributed by atoms with Crippen LogP contribution in [0, 0.1) is 0 Å². The van der Waals surface area contributed by atoms with Crippen molar-refractivity contribution < 1.29 is 9.59 Å². The van der Waals surface area contributed by atoms with Gasteiger partial charge >= 0.3 is 0 Å². The van der Waals surface area contributed by atoms with Gasteiger partial charge in [-0.05, 0) is 28.7 Å². The lowest BCUT2D eigenvalue weighted by Gasteiger charge is -2.34. The van der Waals surface area contributed by atoms with E-state index in [4.69, 9.17) is 0 Å². The summed E-state index contributed by atoms with van der Waals surface area (Å²) in [7, 11) is 0. The Balaban J connectivity index is 1.34. The zero-order valence-electron chi connectivity index (χ0n) is 18.2. The van der Waals surface area contributed by atoms with E-state index in [1.165, 1.54) is 16.7 Å². The SMILES string of the molecule is O=C(C[C@H]1C(=O)NCCN1Cc1ccc(-c2ccccc2)cc1)NCCc1ccccc1. The Bertz CT molecular complexity index is 1020. The molecule has 0 unspecified atom stereocenters. The van der Waals surface area contributed by atoms with E-state index in [1.807, 2.05) is 48.5 Å². The summed E-state index contributed by atoms with van der Waals surface area (Å²) >= 11 is 0. The molecular weight excluding hydrogens is 398 g/mol. The molecular formula is C27H29N3O2. The van der Waals surface area contributed by atoms with Crippen LogP contribution in [0.25, 0.3) is 11.1 Å². The molecule has 0 spiro atoms. The Morgan fingerprint density at radius 2 is 1.53 bits per heavy atom. The summed E-state index contributed by atoms with van der Waals surface area (Å²) in [4.78, 5) is 27.2. The summed E-state index contributed by atoms with van der Waals surface area (Å²) in [5, 5.41) is 5.87. The molecule has 0 bridgehead atoms. The molecule has 1 aliphatic heterocycles. The maximum atomic E-state index is 12.5. The monoisotopic (exact) mass is 427 g/mol. The quantitative estimate of drug-likeness (QED) is 0.579. The van der Waals surface area contributed by atoms with Crippen molar-refractivity contribution >= 4 is 11.8 Å². The second kappa shape index (κ2) is 10.7. The van der Waals surface area contributed by atoms with Crippen molar-refractivity contribution in [2.24, 2.45) is 0 Å². The van der Waals surface area contributed by atoms with Crippen LogP contribution in [0.15, 0.2) is 84.9 Å². The highest BCUT2D eigenvalue weighted by molar-refractivity contribution is 5.88. The van der Waals surface area contributed by atoms with Gasteiger partial charge in [0, 0.05) is 26.2 Å². The molecule has 0 saturated carbocycles. The van der Waals surface area contributed by atoms with Crippen LogP contribution in [-0.2, 0) is 22.6 Å². The molecule has 3 aromatic carbocycles. The Kier molecular flexibility index (Phi) is 7.31. The van der Waals surface area contributed by atoms with Crippen LogP contribution in [0.4, 0.5) is 0 Å². The molecule has 1 aliphatic rings. The second-order valence-electron chi connectivity index (χ2n) is 8.13. The first-order chi connectivity index (χ1) is 15.7. The van der Waals surface area contributed by atoms with Gasteiger partial charge in [-0.3, -0.25) is 14.5 Å². The van der Waals surface area contributed by atoms with Gasteiger partial charge < -0.3 is 10.6 Å². The number of piperazine rings is 1. The van der Waals surface area contributed by atoms with Crippen molar-refractivity contribution in [1.82, 2.24) is 15.5 Å². The average Bonchev–Trinajstić information content (AvgIpc) is 2.83. The molecule has 5 heteroatoms. The van der Waals surface area contributed by atoms with Gasteiger partial charge in [-0.2, -0.15) is 0 Å². The van der Waals surface area contributed by atoms with E-state index in [-0.39, 0.29) is 18.2 Å². The zero-order chi connectivity index (χ0) is 22.2. The number of carbonyl (C=O) groups is 2. The Labute approximate surface area is 189 Å². The molecule has 3 aromatic rings. The second-order valence-corrected chi connectivity index (χ2v) is 8.13. The molecule has 4 rings (SSSR count). The summed E-state index contributed by atoms with van der Waals surface area (Å²) in [5.41, 5.74) is 4.67. The molecule has 1 saturated heterocycles. The lowest BCUT2D eigenvalue weighted by atomic mass is 10.0. The summed E-state index contributed by atoms with van der Waals surface area (Å²) in [5.74, 6) is -0.164. The topological polar surface area (TPSA) is 61.4 Å². The molecule has 1 fully saturated rings. The first kappa shape index (κ1) is 21.8. The Morgan fingerprint density at radius 3 is 2.25 bits per heavy atom. The predicted octanol–water partition coefficient (Wildman–Crippen LogP) is 3.40. The smallest absolute Gasteiger partial charge is 0.237 e. The lowest BCUT2D eigenvalue weighted by Crippen LogP contribution is -2.56. The minimum atomic E-state index is -0.450. The Morgan fingerprint density at radius 1 is 0.875 bits per heavy atom. The van der Waals surface area contributed by atoms with Gasteiger partial charge in [0.15, 0.2) is 0 Å². The molecule has 0 radical (unpaired) electrons. The molecule has 0 aliphatic carbocycles. The lowest BCUT2D eigenvalue weighted by molar-refractivity contribution is -0.134. The maximum absolute atomic E-state index is 12.5. The number of hydrogen-bond acceptors (Lipinski definition) is 3. The fourth-order valence-corrected chi connectivity index (χ4v) is 4.08. The third kappa shape index (κ3) is 5.83. The highest BCUT2D eigenvalue weighted by Gasteiger charge is 2.31. The van der Waals surface area contributed by atoms with Crippen molar-refractivity contribution in [2.75, 3.05) is 19.6 Å². The van der Waals surface area contributed by atoms with E-state index in [9.17, 15) is 9.59 Å². The summed E-state index contributed by atoms with van der Waals surface area (Å²) < 4.78 is 0.